The highest BCUT2D eigenvalue weighted by molar-refractivity contribution is 5.90. The molecule has 1 N–H and O–H groups in total. The molecule has 0 radical (unpaired) electrons. The number of hydrogen-bond acceptors (Lipinski definition) is 1. The van der Waals surface area contributed by atoms with Gasteiger partial charge in [-0.1, -0.05) is 25.1 Å². The maximum atomic E-state index is 12.4. The summed E-state index contributed by atoms with van der Waals surface area (Å²) in [6.45, 7) is 6.20. The molecule has 106 valence electrons. The van der Waals surface area contributed by atoms with Crippen molar-refractivity contribution in [3.63, 3.8) is 0 Å². The number of carbonyl (C=O) groups is 1. The molecule has 1 saturated heterocycles. The molecule has 2 aromatic rings. The topological polar surface area (TPSA) is 36.1 Å². The molecule has 2 heterocycles. The van der Waals surface area contributed by atoms with Crippen molar-refractivity contribution in [2.75, 3.05) is 13.1 Å². The normalized spacial score (nSPS) is 16.8. The maximum Gasteiger partial charge on any atom is 0.227 e. The number of piperidine rings is 1. The molecule has 0 saturated carbocycles. The van der Waals surface area contributed by atoms with Gasteiger partial charge in [-0.25, -0.2) is 0 Å². The van der Waals surface area contributed by atoms with Crippen molar-refractivity contribution in [2.45, 2.75) is 33.1 Å². The van der Waals surface area contributed by atoms with E-state index in [1.165, 1.54) is 10.9 Å². The zero-order chi connectivity index (χ0) is 14.1. The Hall–Kier alpha value is -1.77. The van der Waals surface area contributed by atoms with Gasteiger partial charge in [0.05, 0.1) is 6.42 Å². The van der Waals surface area contributed by atoms with Gasteiger partial charge in [-0.15, -0.1) is 0 Å². The standard InChI is InChI=1S/C17H22N2O/c1-12-6-8-19(9-7-12)16(20)10-14-11-18-17-13(2)4-3-5-15(14)17/h3-5,11-12,18H,6-10H2,1-2H3. The first-order valence-corrected chi connectivity index (χ1v) is 7.48. The van der Waals surface area contributed by atoms with Crippen LogP contribution in [0.3, 0.4) is 0 Å². The summed E-state index contributed by atoms with van der Waals surface area (Å²) >= 11 is 0. The fourth-order valence-electron chi connectivity index (χ4n) is 3.04. The van der Waals surface area contributed by atoms with Crippen LogP contribution in [0.25, 0.3) is 10.9 Å². The zero-order valence-corrected chi connectivity index (χ0v) is 12.3. The van der Waals surface area contributed by atoms with Gasteiger partial charge in [-0.2, -0.15) is 0 Å². The van der Waals surface area contributed by atoms with Crippen LogP contribution in [0.1, 0.15) is 30.9 Å². The number of nitrogens with one attached hydrogen (secondary N) is 1. The average molecular weight is 270 g/mol. The van der Waals surface area contributed by atoms with Gasteiger partial charge >= 0.3 is 0 Å². The van der Waals surface area contributed by atoms with Gasteiger partial charge in [0.2, 0.25) is 5.91 Å². The number of benzene rings is 1. The third-order valence-corrected chi connectivity index (χ3v) is 4.49. The smallest absolute Gasteiger partial charge is 0.227 e. The van der Waals surface area contributed by atoms with Crippen molar-refractivity contribution < 1.29 is 4.79 Å². The lowest BCUT2D eigenvalue weighted by molar-refractivity contribution is -0.131. The van der Waals surface area contributed by atoms with Crippen LogP contribution in [0.2, 0.25) is 0 Å². The van der Waals surface area contributed by atoms with Gasteiger partial charge in [-0.3, -0.25) is 4.79 Å². The van der Waals surface area contributed by atoms with Crippen LogP contribution < -0.4 is 0 Å². The number of H-pyrrole nitrogens is 1. The van der Waals surface area contributed by atoms with Crippen LogP contribution >= 0.6 is 0 Å². The highest BCUT2D eigenvalue weighted by Gasteiger charge is 2.21. The van der Waals surface area contributed by atoms with Crippen molar-refractivity contribution in [1.82, 2.24) is 9.88 Å². The SMILES string of the molecule is Cc1cccc2c(CC(=O)N3CCC(C)CC3)c[nH]c12. The molecule has 0 bridgehead atoms. The molecule has 1 aliphatic rings. The van der Waals surface area contributed by atoms with Gasteiger partial charge in [0.1, 0.15) is 0 Å². The van der Waals surface area contributed by atoms with E-state index in [0.29, 0.717) is 6.42 Å². The van der Waals surface area contributed by atoms with Crippen LogP contribution in [0.4, 0.5) is 0 Å². The Kier molecular flexibility index (Phi) is 3.51. The molecule has 3 rings (SSSR count). The lowest BCUT2D eigenvalue weighted by Gasteiger charge is -2.30. The summed E-state index contributed by atoms with van der Waals surface area (Å²) in [4.78, 5) is 17.7. The molecule has 1 amide bonds. The van der Waals surface area contributed by atoms with E-state index < -0.39 is 0 Å². The first-order valence-electron chi connectivity index (χ1n) is 7.48. The summed E-state index contributed by atoms with van der Waals surface area (Å²) in [6.07, 6.45) is 4.78. The van der Waals surface area contributed by atoms with Crippen LogP contribution in [-0.2, 0) is 11.2 Å². The molecule has 20 heavy (non-hydrogen) atoms. The van der Waals surface area contributed by atoms with Crippen molar-refractivity contribution in [2.24, 2.45) is 5.92 Å². The van der Waals surface area contributed by atoms with Crippen LogP contribution in [0.5, 0.6) is 0 Å². The fraction of sp³-hybridized carbons (Fsp3) is 0.471. The molecule has 3 nitrogen and oxygen atoms in total. The van der Waals surface area contributed by atoms with Gasteiger partial charge in [0.25, 0.3) is 0 Å². The minimum Gasteiger partial charge on any atom is -0.361 e. The van der Waals surface area contributed by atoms with E-state index in [4.69, 9.17) is 0 Å². The highest BCUT2D eigenvalue weighted by atomic mass is 16.2. The van der Waals surface area contributed by atoms with Crippen LogP contribution in [0.15, 0.2) is 24.4 Å². The highest BCUT2D eigenvalue weighted by Crippen LogP contribution is 2.23. The molecule has 1 aromatic carbocycles. The molecule has 1 aromatic heterocycles. The Labute approximate surface area is 120 Å². The molecule has 0 aliphatic carbocycles. The summed E-state index contributed by atoms with van der Waals surface area (Å²) in [5.41, 5.74) is 3.50. The van der Waals surface area contributed by atoms with Gasteiger partial charge in [0, 0.05) is 30.2 Å². The van der Waals surface area contributed by atoms with E-state index in [9.17, 15) is 4.79 Å². The summed E-state index contributed by atoms with van der Waals surface area (Å²) in [7, 11) is 0. The third kappa shape index (κ3) is 2.45. The summed E-state index contributed by atoms with van der Waals surface area (Å²) in [5.74, 6) is 1.02. The minimum atomic E-state index is 0.263. The first-order chi connectivity index (χ1) is 9.65. The molecule has 1 aliphatic heterocycles. The molecular weight excluding hydrogens is 248 g/mol. The number of aromatic nitrogens is 1. The summed E-state index contributed by atoms with van der Waals surface area (Å²) < 4.78 is 0. The second-order valence-electron chi connectivity index (χ2n) is 6.05. The number of nitrogens with zero attached hydrogens (tertiary/aromatic N) is 1. The lowest BCUT2D eigenvalue weighted by atomic mass is 9.98. The number of likely N-dealkylation sites (tertiary alicyclic amines) is 1. The van der Waals surface area contributed by atoms with E-state index in [0.717, 1.165) is 42.9 Å². The number of aryl methyl sites for hydroxylation is 1. The van der Waals surface area contributed by atoms with Crippen molar-refractivity contribution >= 4 is 16.8 Å². The second-order valence-corrected chi connectivity index (χ2v) is 6.05. The van der Waals surface area contributed by atoms with Gasteiger partial charge in [0.15, 0.2) is 0 Å². The van der Waals surface area contributed by atoms with E-state index >= 15 is 0 Å². The molecule has 0 unspecified atom stereocenters. The van der Waals surface area contributed by atoms with E-state index in [1.54, 1.807) is 0 Å². The quantitative estimate of drug-likeness (QED) is 0.893. The number of rotatable bonds is 2. The zero-order valence-electron chi connectivity index (χ0n) is 12.3. The maximum absolute atomic E-state index is 12.4. The third-order valence-electron chi connectivity index (χ3n) is 4.49. The molecule has 0 spiro atoms. The number of para-hydroxylation sites is 1. The average Bonchev–Trinajstić information content (AvgIpc) is 2.84. The summed E-state index contributed by atoms with van der Waals surface area (Å²) in [5, 5.41) is 1.18. The van der Waals surface area contributed by atoms with Gasteiger partial charge < -0.3 is 9.88 Å². The van der Waals surface area contributed by atoms with Crippen molar-refractivity contribution in [1.29, 1.82) is 0 Å². The van der Waals surface area contributed by atoms with E-state index in [-0.39, 0.29) is 5.91 Å². The van der Waals surface area contributed by atoms with Crippen LogP contribution in [0, 0.1) is 12.8 Å². The van der Waals surface area contributed by atoms with Crippen LogP contribution in [-0.4, -0.2) is 28.9 Å². The molecular formula is C17H22N2O. The predicted octanol–water partition coefficient (Wildman–Crippen LogP) is 3.28. The number of fused-ring (bicyclic) bond motifs is 1. The fourth-order valence-corrected chi connectivity index (χ4v) is 3.04. The Morgan fingerprint density at radius 3 is 2.85 bits per heavy atom. The van der Waals surface area contributed by atoms with E-state index in [2.05, 4.69) is 37.0 Å². The first kappa shape index (κ1) is 13.2. The van der Waals surface area contributed by atoms with E-state index in [1.807, 2.05) is 11.1 Å². The predicted molar refractivity (Wildman–Crippen MR) is 81.7 cm³/mol. The summed E-state index contributed by atoms with van der Waals surface area (Å²) in [6, 6.07) is 6.25. The monoisotopic (exact) mass is 270 g/mol. The number of hydrogen-bond donors (Lipinski definition) is 1. The Bertz CT molecular complexity index is 621. The lowest BCUT2D eigenvalue weighted by Crippen LogP contribution is -2.38. The minimum absolute atomic E-state index is 0.263. The Morgan fingerprint density at radius 2 is 2.10 bits per heavy atom. The van der Waals surface area contributed by atoms with Crippen molar-refractivity contribution in [3.8, 4) is 0 Å². The second kappa shape index (κ2) is 5.31. The van der Waals surface area contributed by atoms with Gasteiger partial charge in [-0.05, 0) is 36.8 Å². The molecule has 3 heteroatoms. The molecule has 1 fully saturated rings. The Balaban J connectivity index is 1.76. The number of aromatic amines is 1. The largest absolute Gasteiger partial charge is 0.361 e. The number of carbonyl (C=O) groups excluding carboxylic acids is 1. The Morgan fingerprint density at radius 1 is 1.35 bits per heavy atom. The molecule has 0 atom stereocenters. The number of amides is 1. The van der Waals surface area contributed by atoms with Crippen molar-refractivity contribution in [3.05, 3.63) is 35.5 Å².